The standard InChI is InChI=1S/C10H13NO/c1-8-4-9(6-11-5-8)10(2,3)7-12/h4-7H,1-3H3. The molecule has 0 radical (unpaired) electrons. The number of aldehydes is 1. The fourth-order valence-corrected chi connectivity index (χ4v) is 0.975. The lowest BCUT2D eigenvalue weighted by Crippen LogP contribution is -2.18. The van der Waals surface area contributed by atoms with Crippen LogP contribution in [0.3, 0.4) is 0 Å². The molecule has 1 rings (SSSR count). The Morgan fingerprint density at radius 3 is 2.58 bits per heavy atom. The van der Waals surface area contributed by atoms with E-state index < -0.39 is 5.41 Å². The molecule has 0 aliphatic carbocycles. The zero-order valence-electron chi connectivity index (χ0n) is 7.66. The minimum atomic E-state index is -0.418. The predicted molar refractivity (Wildman–Crippen MR) is 48.1 cm³/mol. The van der Waals surface area contributed by atoms with Crippen LogP contribution in [0.5, 0.6) is 0 Å². The molecule has 0 amide bonds. The van der Waals surface area contributed by atoms with Crippen LogP contribution in [0.2, 0.25) is 0 Å². The van der Waals surface area contributed by atoms with Crippen LogP contribution in [0, 0.1) is 6.92 Å². The van der Waals surface area contributed by atoms with Crippen LogP contribution in [0.25, 0.3) is 0 Å². The van der Waals surface area contributed by atoms with E-state index in [1.807, 2.05) is 26.8 Å². The van der Waals surface area contributed by atoms with Gasteiger partial charge in [0.2, 0.25) is 0 Å². The van der Waals surface area contributed by atoms with Crippen molar-refractivity contribution >= 4 is 6.29 Å². The van der Waals surface area contributed by atoms with Gasteiger partial charge in [-0.1, -0.05) is 6.07 Å². The van der Waals surface area contributed by atoms with Gasteiger partial charge in [0.1, 0.15) is 6.29 Å². The van der Waals surface area contributed by atoms with Gasteiger partial charge in [0, 0.05) is 17.8 Å². The molecule has 0 N–H and O–H groups in total. The molecule has 0 aliphatic rings. The molecule has 1 aromatic rings. The second kappa shape index (κ2) is 3.05. The minimum absolute atomic E-state index is 0.418. The van der Waals surface area contributed by atoms with Gasteiger partial charge in [0.05, 0.1) is 0 Å². The maximum Gasteiger partial charge on any atom is 0.130 e. The van der Waals surface area contributed by atoms with Gasteiger partial charge in [-0.3, -0.25) is 4.98 Å². The number of hydrogen-bond acceptors (Lipinski definition) is 2. The molecule has 0 spiro atoms. The topological polar surface area (TPSA) is 30.0 Å². The Morgan fingerprint density at radius 2 is 2.08 bits per heavy atom. The zero-order valence-corrected chi connectivity index (χ0v) is 7.66. The number of aryl methyl sites for hydroxylation is 1. The second-order valence-electron chi connectivity index (χ2n) is 3.59. The van der Waals surface area contributed by atoms with Crippen LogP contribution in [-0.2, 0) is 10.2 Å². The van der Waals surface area contributed by atoms with Crippen LogP contribution in [0.1, 0.15) is 25.0 Å². The molecule has 0 unspecified atom stereocenters. The summed E-state index contributed by atoms with van der Waals surface area (Å²) in [5.74, 6) is 0. The van der Waals surface area contributed by atoms with Crippen molar-refractivity contribution in [1.82, 2.24) is 4.98 Å². The maximum absolute atomic E-state index is 10.7. The van der Waals surface area contributed by atoms with Crippen LogP contribution in [0.15, 0.2) is 18.5 Å². The lowest BCUT2D eigenvalue weighted by Gasteiger charge is -2.16. The Bertz CT molecular complexity index is 292. The summed E-state index contributed by atoms with van der Waals surface area (Å²) in [5.41, 5.74) is 1.64. The number of carbonyl (C=O) groups excluding carboxylic acids is 1. The lowest BCUT2D eigenvalue weighted by molar-refractivity contribution is -0.111. The lowest BCUT2D eigenvalue weighted by atomic mass is 9.87. The molecular formula is C10H13NO. The Morgan fingerprint density at radius 1 is 1.42 bits per heavy atom. The minimum Gasteiger partial charge on any atom is -0.302 e. The summed E-state index contributed by atoms with van der Waals surface area (Å²) in [7, 11) is 0. The van der Waals surface area contributed by atoms with Crippen molar-refractivity contribution in [3.8, 4) is 0 Å². The first-order valence-electron chi connectivity index (χ1n) is 3.95. The van der Waals surface area contributed by atoms with Crippen LogP contribution < -0.4 is 0 Å². The second-order valence-corrected chi connectivity index (χ2v) is 3.59. The summed E-state index contributed by atoms with van der Waals surface area (Å²) < 4.78 is 0. The summed E-state index contributed by atoms with van der Waals surface area (Å²) in [6.07, 6.45) is 4.47. The van der Waals surface area contributed by atoms with Gasteiger partial charge < -0.3 is 4.79 Å². The molecule has 0 bridgehead atoms. The monoisotopic (exact) mass is 163 g/mol. The van der Waals surface area contributed by atoms with Gasteiger partial charge >= 0.3 is 0 Å². The molecule has 64 valence electrons. The normalized spacial score (nSPS) is 11.2. The van der Waals surface area contributed by atoms with E-state index in [2.05, 4.69) is 4.98 Å². The molecule has 0 fully saturated rings. The summed E-state index contributed by atoms with van der Waals surface area (Å²) in [5, 5.41) is 0. The summed E-state index contributed by atoms with van der Waals surface area (Å²) in [6.45, 7) is 5.74. The van der Waals surface area contributed by atoms with E-state index in [1.54, 1.807) is 12.4 Å². The molecule has 0 aliphatic heterocycles. The molecule has 2 nitrogen and oxygen atoms in total. The highest BCUT2D eigenvalue weighted by Crippen LogP contribution is 2.19. The van der Waals surface area contributed by atoms with Crippen molar-refractivity contribution in [3.63, 3.8) is 0 Å². The Balaban J connectivity index is 3.11. The van der Waals surface area contributed by atoms with E-state index in [-0.39, 0.29) is 0 Å². The third-order valence-electron chi connectivity index (χ3n) is 1.91. The smallest absolute Gasteiger partial charge is 0.130 e. The molecule has 1 aromatic heterocycles. The Labute approximate surface area is 72.6 Å². The van der Waals surface area contributed by atoms with Gasteiger partial charge in [0.25, 0.3) is 0 Å². The molecule has 1 heterocycles. The third kappa shape index (κ3) is 1.70. The van der Waals surface area contributed by atoms with Crippen LogP contribution >= 0.6 is 0 Å². The quantitative estimate of drug-likeness (QED) is 0.623. The van der Waals surface area contributed by atoms with Gasteiger partial charge in [-0.25, -0.2) is 0 Å². The van der Waals surface area contributed by atoms with Gasteiger partial charge in [-0.05, 0) is 31.9 Å². The average molecular weight is 163 g/mol. The zero-order chi connectivity index (χ0) is 9.19. The van der Waals surface area contributed by atoms with E-state index in [0.29, 0.717) is 0 Å². The number of nitrogens with zero attached hydrogens (tertiary/aromatic N) is 1. The van der Waals surface area contributed by atoms with Crippen molar-refractivity contribution < 1.29 is 4.79 Å². The highest BCUT2D eigenvalue weighted by molar-refractivity contribution is 5.66. The molecule has 0 saturated carbocycles. The molecule has 0 aromatic carbocycles. The molecule has 0 atom stereocenters. The Hall–Kier alpha value is -1.18. The predicted octanol–water partition coefficient (Wildman–Crippen LogP) is 1.87. The SMILES string of the molecule is Cc1cncc(C(C)(C)C=O)c1. The van der Waals surface area contributed by atoms with Gasteiger partial charge in [-0.2, -0.15) is 0 Å². The van der Waals surface area contributed by atoms with E-state index in [9.17, 15) is 4.79 Å². The largest absolute Gasteiger partial charge is 0.302 e. The molecule has 0 saturated heterocycles. The first-order valence-corrected chi connectivity index (χ1v) is 3.95. The molecular weight excluding hydrogens is 150 g/mol. The highest BCUT2D eigenvalue weighted by atomic mass is 16.1. The molecule has 2 heteroatoms. The summed E-state index contributed by atoms with van der Waals surface area (Å²) in [4.78, 5) is 14.8. The van der Waals surface area contributed by atoms with E-state index in [4.69, 9.17) is 0 Å². The van der Waals surface area contributed by atoms with Crippen LogP contribution in [-0.4, -0.2) is 11.3 Å². The Kier molecular flexibility index (Phi) is 2.27. The average Bonchev–Trinajstić information content (AvgIpc) is 2.05. The summed E-state index contributed by atoms with van der Waals surface area (Å²) >= 11 is 0. The fourth-order valence-electron chi connectivity index (χ4n) is 0.975. The van der Waals surface area contributed by atoms with Gasteiger partial charge in [0.15, 0.2) is 0 Å². The van der Waals surface area contributed by atoms with Crippen molar-refractivity contribution in [3.05, 3.63) is 29.6 Å². The van der Waals surface area contributed by atoms with Crippen molar-refractivity contribution in [2.24, 2.45) is 0 Å². The molecule has 12 heavy (non-hydrogen) atoms. The first kappa shape index (κ1) is 8.91. The number of pyridine rings is 1. The van der Waals surface area contributed by atoms with E-state index in [0.717, 1.165) is 17.4 Å². The highest BCUT2D eigenvalue weighted by Gasteiger charge is 2.19. The number of rotatable bonds is 2. The first-order chi connectivity index (χ1) is 5.56. The number of aromatic nitrogens is 1. The third-order valence-corrected chi connectivity index (χ3v) is 1.91. The van der Waals surface area contributed by atoms with Gasteiger partial charge in [-0.15, -0.1) is 0 Å². The van der Waals surface area contributed by atoms with Crippen molar-refractivity contribution in [1.29, 1.82) is 0 Å². The van der Waals surface area contributed by atoms with E-state index in [1.165, 1.54) is 0 Å². The fraction of sp³-hybridized carbons (Fsp3) is 0.400. The number of hydrogen-bond donors (Lipinski definition) is 0. The van der Waals surface area contributed by atoms with Crippen molar-refractivity contribution in [2.75, 3.05) is 0 Å². The number of carbonyl (C=O) groups is 1. The van der Waals surface area contributed by atoms with Crippen molar-refractivity contribution in [2.45, 2.75) is 26.2 Å². The maximum atomic E-state index is 10.7. The van der Waals surface area contributed by atoms with E-state index >= 15 is 0 Å². The van der Waals surface area contributed by atoms with Crippen LogP contribution in [0.4, 0.5) is 0 Å². The summed E-state index contributed by atoms with van der Waals surface area (Å²) in [6, 6.07) is 1.99.